The van der Waals surface area contributed by atoms with Crippen molar-refractivity contribution in [3.05, 3.63) is 76.2 Å². The van der Waals surface area contributed by atoms with Crippen LogP contribution in [0.4, 0.5) is 4.39 Å². The van der Waals surface area contributed by atoms with Crippen LogP contribution in [0.1, 0.15) is 11.1 Å². The fourth-order valence-corrected chi connectivity index (χ4v) is 2.90. The highest BCUT2D eigenvalue weighted by atomic mass is 35.5. The van der Waals surface area contributed by atoms with E-state index >= 15 is 0 Å². The molecule has 0 fully saturated rings. The average molecular weight is 368 g/mol. The van der Waals surface area contributed by atoms with E-state index in [0.29, 0.717) is 13.0 Å². The number of nitrogens with zero attached hydrogens (tertiary/aromatic N) is 1. The molecule has 2 aromatic carbocycles. The van der Waals surface area contributed by atoms with Crippen molar-refractivity contribution >= 4 is 34.5 Å². The van der Waals surface area contributed by atoms with Gasteiger partial charge in [0.25, 0.3) is 5.91 Å². The lowest BCUT2D eigenvalue weighted by Gasteiger charge is -2.05. The number of hydrogen-bond donors (Lipinski definition) is 2. The van der Waals surface area contributed by atoms with Gasteiger partial charge in [-0.25, -0.2) is 4.39 Å². The molecular weight excluding hydrogens is 353 g/mol. The summed E-state index contributed by atoms with van der Waals surface area (Å²) in [6.07, 6.45) is 3.67. The molecule has 1 amide bonds. The molecule has 0 aliphatic heterocycles. The standard InChI is InChI=1S/C20H15ClFN3O/c21-17-5-3-6-18(22)16(17)10-14(11-23)20(26)24-9-8-13-12-25-19-7-2-1-4-15(13)19/h1-7,10,12,25H,8-9H2,(H,24,26). The number of hydrogen-bond acceptors (Lipinski definition) is 2. The molecule has 0 aliphatic carbocycles. The number of amides is 1. The average Bonchev–Trinajstić information content (AvgIpc) is 3.05. The van der Waals surface area contributed by atoms with Crippen molar-refractivity contribution in [3.8, 4) is 6.07 Å². The first-order valence-corrected chi connectivity index (χ1v) is 8.37. The lowest BCUT2D eigenvalue weighted by molar-refractivity contribution is -0.117. The normalized spacial score (nSPS) is 11.3. The minimum Gasteiger partial charge on any atom is -0.361 e. The zero-order valence-electron chi connectivity index (χ0n) is 13.7. The number of aromatic amines is 1. The molecule has 0 bridgehead atoms. The molecule has 26 heavy (non-hydrogen) atoms. The van der Waals surface area contributed by atoms with Gasteiger partial charge in [-0.15, -0.1) is 0 Å². The van der Waals surface area contributed by atoms with Gasteiger partial charge in [0.05, 0.1) is 5.02 Å². The van der Waals surface area contributed by atoms with Crippen molar-refractivity contribution < 1.29 is 9.18 Å². The molecule has 6 heteroatoms. The number of halogens is 2. The number of nitriles is 1. The highest BCUT2D eigenvalue weighted by molar-refractivity contribution is 6.32. The van der Waals surface area contributed by atoms with E-state index in [1.54, 1.807) is 6.07 Å². The van der Waals surface area contributed by atoms with Gasteiger partial charge in [-0.2, -0.15) is 5.26 Å². The summed E-state index contributed by atoms with van der Waals surface area (Å²) in [4.78, 5) is 15.4. The van der Waals surface area contributed by atoms with E-state index in [0.717, 1.165) is 16.5 Å². The molecule has 0 atom stereocenters. The van der Waals surface area contributed by atoms with Crippen molar-refractivity contribution in [2.75, 3.05) is 6.54 Å². The van der Waals surface area contributed by atoms with E-state index < -0.39 is 11.7 Å². The molecule has 2 N–H and O–H groups in total. The lowest BCUT2D eigenvalue weighted by atomic mass is 10.1. The Labute approximate surface area is 154 Å². The number of H-pyrrole nitrogens is 1. The van der Waals surface area contributed by atoms with Gasteiger partial charge in [-0.05, 0) is 36.3 Å². The van der Waals surface area contributed by atoms with Crippen LogP contribution in [-0.4, -0.2) is 17.4 Å². The quantitative estimate of drug-likeness (QED) is 0.523. The van der Waals surface area contributed by atoms with E-state index in [1.165, 1.54) is 24.3 Å². The van der Waals surface area contributed by atoms with Crippen molar-refractivity contribution in [2.45, 2.75) is 6.42 Å². The van der Waals surface area contributed by atoms with Crippen LogP contribution in [0.5, 0.6) is 0 Å². The molecule has 0 saturated carbocycles. The SMILES string of the molecule is N#CC(=Cc1c(F)cccc1Cl)C(=O)NCCc1c[nH]c2ccccc12. The van der Waals surface area contributed by atoms with Gasteiger partial charge in [0.15, 0.2) is 0 Å². The largest absolute Gasteiger partial charge is 0.361 e. The predicted molar refractivity (Wildman–Crippen MR) is 100 cm³/mol. The minimum absolute atomic E-state index is 0.0255. The molecular formula is C20H15ClFN3O. The fourth-order valence-electron chi connectivity index (χ4n) is 2.69. The van der Waals surface area contributed by atoms with Gasteiger partial charge in [0.1, 0.15) is 17.5 Å². The molecule has 3 aromatic rings. The number of rotatable bonds is 5. The molecule has 0 aliphatic rings. The number of carbonyl (C=O) groups is 1. The first-order chi connectivity index (χ1) is 12.6. The van der Waals surface area contributed by atoms with Crippen LogP contribution in [0.2, 0.25) is 5.02 Å². The second kappa shape index (κ2) is 7.85. The predicted octanol–water partition coefficient (Wildman–Crippen LogP) is 4.23. The third kappa shape index (κ3) is 3.76. The summed E-state index contributed by atoms with van der Waals surface area (Å²) in [7, 11) is 0. The van der Waals surface area contributed by atoms with Gasteiger partial charge < -0.3 is 10.3 Å². The van der Waals surface area contributed by atoms with Crippen LogP contribution in [0.15, 0.2) is 54.2 Å². The molecule has 1 heterocycles. The number of para-hydroxylation sites is 1. The number of carbonyl (C=O) groups excluding carboxylic acids is 1. The number of fused-ring (bicyclic) bond motifs is 1. The molecule has 0 saturated heterocycles. The summed E-state index contributed by atoms with van der Waals surface area (Å²) < 4.78 is 13.8. The maximum Gasteiger partial charge on any atom is 0.261 e. The lowest BCUT2D eigenvalue weighted by Crippen LogP contribution is -2.26. The number of aromatic nitrogens is 1. The molecule has 0 radical (unpaired) electrons. The first kappa shape index (κ1) is 17.7. The van der Waals surface area contributed by atoms with Gasteiger partial charge in [0, 0.05) is 29.2 Å². The van der Waals surface area contributed by atoms with Crippen LogP contribution in [0, 0.1) is 17.1 Å². The Morgan fingerprint density at radius 3 is 2.85 bits per heavy atom. The monoisotopic (exact) mass is 367 g/mol. The molecule has 130 valence electrons. The zero-order chi connectivity index (χ0) is 18.5. The Morgan fingerprint density at radius 2 is 2.08 bits per heavy atom. The zero-order valence-corrected chi connectivity index (χ0v) is 14.5. The topological polar surface area (TPSA) is 68.7 Å². The van der Waals surface area contributed by atoms with E-state index in [1.807, 2.05) is 30.5 Å². The van der Waals surface area contributed by atoms with Crippen LogP contribution in [-0.2, 0) is 11.2 Å². The third-order valence-electron chi connectivity index (χ3n) is 4.01. The summed E-state index contributed by atoms with van der Waals surface area (Å²) in [5.41, 5.74) is 1.93. The minimum atomic E-state index is -0.586. The van der Waals surface area contributed by atoms with E-state index in [9.17, 15) is 14.4 Å². The van der Waals surface area contributed by atoms with Crippen LogP contribution < -0.4 is 5.32 Å². The summed E-state index contributed by atoms with van der Waals surface area (Å²) in [6.45, 7) is 0.352. The van der Waals surface area contributed by atoms with Crippen molar-refractivity contribution in [1.29, 1.82) is 5.26 Å². The number of benzene rings is 2. The molecule has 4 nitrogen and oxygen atoms in total. The van der Waals surface area contributed by atoms with Crippen LogP contribution in [0.3, 0.4) is 0 Å². The van der Waals surface area contributed by atoms with E-state index in [-0.39, 0.29) is 16.2 Å². The first-order valence-electron chi connectivity index (χ1n) is 7.99. The highest BCUT2D eigenvalue weighted by Crippen LogP contribution is 2.22. The maximum atomic E-state index is 13.8. The summed E-state index contributed by atoms with van der Waals surface area (Å²) in [5.74, 6) is -1.15. The highest BCUT2D eigenvalue weighted by Gasteiger charge is 2.12. The Bertz CT molecular complexity index is 1010. The Morgan fingerprint density at radius 1 is 1.27 bits per heavy atom. The van der Waals surface area contributed by atoms with Gasteiger partial charge in [-0.3, -0.25) is 4.79 Å². The third-order valence-corrected chi connectivity index (χ3v) is 4.34. The van der Waals surface area contributed by atoms with Crippen molar-refractivity contribution in [1.82, 2.24) is 10.3 Å². The van der Waals surface area contributed by atoms with Crippen LogP contribution in [0.25, 0.3) is 17.0 Å². The second-order valence-corrected chi connectivity index (χ2v) is 6.08. The van der Waals surface area contributed by atoms with E-state index in [2.05, 4.69) is 10.3 Å². The van der Waals surface area contributed by atoms with Crippen molar-refractivity contribution in [3.63, 3.8) is 0 Å². The second-order valence-electron chi connectivity index (χ2n) is 5.67. The van der Waals surface area contributed by atoms with Gasteiger partial charge in [-0.1, -0.05) is 35.9 Å². The van der Waals surface area contributed by atoms with E-state index in [4.69, 9.17) is 11.6 Å². The molecule has 3 rings (SSSR count). The molecule has 0 spiro atoms. The fraction of sp³-hybridized carbons (Fsp3) is 0.100. The molecule has 1 aromatic heterocycles. The van der Waals surface area contributed by atoms with Gasteiger partial charge >= 0.3 is 0 Å². The number of nitrogens with one attached hydrogen (secondary N) is 2. The molecule has 0 unspecified atom stereocenters. The maximum absolute atomic E-state index is 13.8. The Kier molecular flexibility index (Phi) is 5.35. The Hall–Kier alpha value is -3.10. The van der Waals surface area contributed by atoms with Crippen molar-refractivity contribution in [2.24, 2.45) is 0 Å². The Balaban J connectivity index is 1.68. The van der Waals surface area contributed by atoms with Gasteiger partial charge in [0.2, 0.25) is 0 Å². The summed E-state index contributed by atoms with van der Waals surface area (Å²) >= 11 is 5.93. The summed E-state index contributed by atoms with van der Waals surface area (Å²) in [6, 6.07) is 13.9. The summed E-state index contributed by atoms with van der Waals surface area (Å²) in [5, 5.41) is 13.1. The smallest absolute Gasteiger partial charge is 0.261 e. The van der Waals surface area contributed by atoms with Crippen LogP contribution >= 0.6 is 11.6 Å².